The molecule has 2 rings (SSSR count). The summed E-state index contributed by atoms with van der Waals surface area (Å²) in [6, 6.07) is 3.63. The molecule has 1 fully saturated rings. The van der Waals surface area contributed by atoms with Gasteiger partial charge in [-0.05, 0) is 18.2 Å². The number of benzene rings is 1. The van der Waals surface area contributed by atoms with Crippen LogP contribution in [0.25, 0.3) is 0 Å². The molecule has 0 spiro atoms. The van der Waals surface area contributed by atoms with E-state index in [9.17, 15) is 17.6 Å². The van der Waals surface area contributed by atoms with Gasteiger partial charge < -0.3 is 5.32 Å². The SMILES string of the molecule is CS(=O)(=O)N1CCN(CCNC(=O)c2ccc(F)cc2Cl)CC1. The molecule has 1 aliphatic rings. The molecule has 0 aliphatic carbocycles. The minimum Gasteiger partial charge on any atom is -0.351 e. The molecule has 1 aromatic carbocycles. The molecule has 1 N–H and O–H groups in total. The first-order chi connectivity index (χ1) is 10.8. The Morgan fingerprint density at radius 3 is 2.52 bits per heavy atom. The van der Waals surface area contributed by atoms with Gasteiger partial charge in [0, 0.05) is 39.3 Å². The van der Waals surface area contributed by atoms with Crippen molar-refractivity contribution in [1.82, 2.24) is 14.5 Å². The highest BCUT2D eigenvalue weighted by Crippen LogP contribution is 2.16. The van der Waals surface area contributed by atoms with Crippen LogP contribution >= 0.6 is 11.6 Å². The van der Waals surface area contributed by atoms with Gasteiger partial charge in [-0.15, -0.1) is 0 Å². The molecule has 1 heterocycles. The number of sulfonamides is 1. The summed E-state index contributed by atoms with van der Waals surface area (Å²) in [6.07, 6.45) is 1.20. The van der Waals surface area contributed by atoms with Crippen LogP contribution in [0.2, 0.25) is 5.02 Å². The van der Waals surface area contributed by atoms with Gasteiger partial charge in [0.1, 0.15) is 5.82 Å². The lowest BCUT2D eigenvalue weighted by molar-refractivity contribution is 0.0945. The summed E-state index contributed by atoms with van der Waals surface area (Å²) >= 11 is 5.84. The highest BCUT2D eigenvalue weighted by Gasteiger charge is 2.23. The van der Waals surface area contributed by atoms with E-state index < -0.39 is 15.8 Å². The Kier molecular flexibility index (Phi) is 5.96. The van der Waals surface area contributed by atoms with E-state index in [1.807, 2.05) is 0 Å². The third kappa shape index (κ3) is 5.13. The molecule has 0 saturated carbocycles. The second-order valence-corrected chi connectivity index (χ2v) is 7.77. The fraction of sp³-hybridized carbons (Fsp3) is 0.500. The number of nitrogens with one attached hydrogen (secondary N) is 1. The van der Waals surface area contributed by atoms with E-state index in [2.05, 4.69) is 10.2 Å². The van der Waals surface area contributed by atoms with E-state index in [4.69, 9.17) is 11.6 Å². The molecule has 0 unspecified atom stereocenters. The normalized spacial score (nSPS) is 17.2. The lowest BCUT2D eigenvalue weighted by atomic mass is 10.2. The van der Waals surface area contributed by atoms with Crippen molar-refractivity contribution in [3.05, 3.63) is 34.6 Å². The quantitative estimate of drug-likeness (QED) is 0.839. The van der Waals surface area contributed by atoms with Gasteiger partial charge in [0.05, 0.1) is 16.8 Å². The molecular formula is C14H19ClFN3O3S. The number of rotatable bonds is 5. The topological polar surface area (TPSA) is 69.7 Å². The molecule has 0 radical (unpaired) electrons. The van der Waals surface area contributed by atoms with Crippen LogP contribution in [0.3, 0.4) is 0 Å². The summed E-state index contributed by atoms with van der Waals surface area (Å²) < 4.78 is 37.2. The van der Waals surface area contributed by atoms with E-state index in [1.165, 1.54) is 22.7 Å². The molecule has 128 valence electrons. The lowest BCUT2D eigenvalue weighted by Crippen LogP contribution is -2.49. The van der Waals surface area contributed by atoms with Crippen molar-refractivity contribution in [1.29, 1.82) is 0 Å². The standard InChI is InChI=1S/C14H19ClFN3O3S/c1-23(21,22)19-8-6-18(7-9-19)5-4-17-14(20)12-3-2-11(16)10-13(12)15/h2-3,10H,4-9H2,1H3,(H,17,20). The Labute approximate surface area is 140 Å². The maximum absolute atomic E-state index is 13.0. The molecule has 9 heteroatoms. The van der Waals surface area contributed by atoms with Gasteiger partial charge in [-0.3, -0.25) is 9.69 Å². The first-order valence-corrected chi connectivity index (χ1v) is 9.41. The minimum absolute atomic E-state index is 0.0734. The first-order valence-electron chi connectivity index (χ1n) is 7.18. The molecule has 1 saturated heterocycles. The Balaban J connectivity index is 1.76. The van der Waals surface area contributed by atoms with Gasteiger partial charge in [0.25, 0.3) is 5.91 Å². The van der Waals surface area contributed by atoms with E-state index >= 15 is 0 Å². The maximum Gasteiger partial charge on any atom is 0.252 e. The van der Waals surface area contributed by atoms with Crippen molar-refractivity contribution < 1.29 is 17.6 Å². The van der Waals surface area contributed by atoms with Gasteiger partial charge in [-0.2, -0.15) is 4.31 Å². The number of hydrogen-bond donors (Lipinski definition) is 1. The molecule has 23 heavy (non-hydrogen) atoms. The average molecular weight is 364 g/mol. The zero-order chi connectivity index (χ0) is 17.0. The van der Waals surface area contributed by atoms with Crippen molar-refractivity contribution in [2.45, 2.75) is 0 Å². The molecule has 0 atom stereocenters. The summed E-state index contributed by atoms with van der Waals surface area (Å²) in [4.78, 5) is 14.1. The Morgan fingerprint density at radius 1 is 1.30 bits per heavy atom. The van der Waals surface area contributed by atoms with E-state index in [1.54, 1.807) is 0 Å². The number of piperazine rings is 1. The zero-order valence-corrected chi connectivity index (χ0v) is 14.3. The summed E-state index contributed by atoms with van der Waals surface area (Å²) in [5.41, 5.74) is 0.231. The van der Waals surface area contributed by atoms with Gasteiger partial charge >= 0.3 is 0 Å². The van der Waals surface area contributed by atoms with Crippen LogP contribution in [0.4, 0.5) is 4.39 Å². The van der Waals surface area contributed by atoms with E-state index in [0.717, 1.165) is 6.07 Å². The second-order valence-electron chi connectivity index (χ2n) is 5.38. The number of nitrogens with zero attached hydrogens (tertiary/aromatic N) is 2. The van der Waals surface area contributed by atoms with Crippen molar-refractivity contribution in [3.8, 4) is 0 Å². The van der Waals surface area contributed by atoms with Crippen LogP contribution in [0.1, 0.15) is 10.4 Å². The van der Waals surface area contributed by atoms with Gasteiger partial charge in [-0.25, -0.2) is 12.8 Å². The predicted octanol–water partition coefficient (Wildman–Crippen LogP) is 0.786. The summed E-state index contributed by atoms with van der Waals surface area (Å²) in [5.74, 6) is -0.847. The van der Waals surface area contributed by atoms with Crippen molar-refractivity contribution in [3.63, 3.8) is 0 Å². The van der Waals surface area contributed by atoms with Gasteiger partial charge in [0.15, 0.2) is 0 Å². The number of carbonyl (C=O) groups is 1. The number of halogens is 2. The monoisotopic (exact) mass is 363 g/mol. The third-order valence-corrected chi connectivity index (χ3v) is 5.31. The van der Waals surface area contributed by atoms with E-state index in [-0.39, 0.29) is 16.5 Å². The van der Waals surface area contributed by atoms with Gasteiger partial charge in [-0.1, -0.05) is 11.6 Å². The largest absolute Gasteiger partial charge is 0.351 e. The number of hydrogen-bond acceptors (Lipinski definition) is 4. The maximum atomic E-state index is 13.0. The zero-order valence-electron chi connectivity index (χ0n) is 12.8. The molecule has 1 aromatic rings. The molecule has 6 nitrogen and oxygen atoms in total. The minimum atomic E-state index is -3.14. The Hall–Kier alpha value is -1.22. The third-order valence-electron chi connectivity index (χ3n) is 3.69. The Bertz CT molecular complexity index is 676. The summed E-state index contributed by atoms with van der Waals surface area (Å²) in [5, 5.41) is 2.80. The van der Waals surface area contributed by atoms with Crippen LogP contribution in [0, 0.1) is 5.82 Å². The molecule has 1 amide bonds. The van der Waals surface area contributed by atoms with Crippen LogP contribution in [-0.4, -0.2) is 69.1 Å². The van der Waals surface area contributed by atoms with Crippen LogP contribution in [0.5, 0.6) is 0 Å². The first kappa shape index (κ1) is 18.1. The smallest absolute Gasteiger partial charge is 0.252 e. The molecular weight excluding hydrogens is 345 g/mol. The molecule has 1 aliphatic heterocycles. The lowest BCUT2D eigenvalue weighted by Gasteiger charge is -2.33. The van der Waals surface area contributed by atoms with Crippen LogP contribution < -0.4 is 5.32 Å². The Morgan fingerprint density at radius 2 is 1.96 bits per heavy atom. The summed E-state index contributed by atoms with van der Waals surface area (Å²) in [6.45, 7) is 3.18. The van der Waals surface area contributed by atoms with Crippen LogP contribution in [-0.2, 0) is 10.0 Å². The number of carbonyl (C=O) groups excluding carboxylic acids is 1. The average Bonchev–Trinajstić information content (AvgIpc) is 2.46. The highest BCUT2D eigenvalue weighted by atomic mass is 35.5. The number of amides is 1. The van der Waals surface area contributed by atoms with E-state index in [0.29, 0.717) is 39.3 Å². The molecule has 0 aromatic heterocycles. The fourth-order valence-electron chi connectivity index (χ4n) is 2.38. The second kappa shape index (κ2) is 7.57. The summed E-state index contributed by atoms with van der Waals surface area (Å²) in [7, 11) is -3.14. The highest BCUT2D eigenvalue weighted by molar-refractivity contribution is 7.88. The van der Waals surface area contributed by atoms with Gasteiger partial charge in [0.2, 0.25) is 10.0 Å². The molecule has 0 bridgehead atoms. The van der Waals surface area contributed by atoms with Crippen molar-refractivity contribution >= 4 is 27.5 Å². The fourth-order valence-corrected chi connectivity index (χ4v) is 3.46. The van der Waals surface area contributed by atoms with Crippen LogP contribution in [0.15, 0.2) is 18.2 Å². The van der Waals surface area contributed by atoms with Crippen molar-refractivity contribution in [2.24, 2.45) is 0 Å². The predicted molar refractivity (Wildman–Crippen MR) is 86.6 cm³/mol. The van der Waals surface area contributed by atoms with Crippen molar-refractivity contribution in [2.75, 3.05) is 45.5 Å².